The van der Waals surface area contributed by atoms with Crippen molar-refractivity contribution in [1.29, 1.82) is 0 Å². The molecule has 30 heavy (non-hydrogen) atoms. The lowest BCUT2D eigenvalue weighted by Crippen LogP contribution is -2.45. The number of hydrogen-bond acceptors (Lipinski definition) is 4. The molecule has 168 valence electrons. The van der Waals surface area contributed by atoms with Crippen molar-refractivity contribution in [3.63, 3.8) is 0 Å². The van der Waals surface area contributed by atoms with Gasteiger partial charge in [-0.3, -0.25) is 9.89 Å². The molecule has 7 nitrogen and oxygen atoms in total. The molecule has 1 aliphatic heterocycles. The highest BCUT2D eigenvalue weighted by Gasteiger charge is 2.29. The Morgan fingerprint density at radius 2 is 2.00 bits per heavy atom. The summed E-state index contributed by atoms with van der Waals surface area (Å²) in [6.07, 6.45) is 4.53. The van der Waals surface area contributed by atoms with E-state index in [0.29, 0.717) is 30.5 Å². The Hall–Kier alpha value is -1.64. The van der Waals surface area contributed by atoms with E-state index in [9.17, 15) is 8.42 Å². The number of likely N-dealkylation sites (tertiary alicyclic amines) is 1. The smallest absolute Gasteiger partial charge is 0.213 e. The molecule has 1 heterocycles. The van der Waals surface area contributed by atoms with Gasteiger partial charge in [-0.05, 0) is 44.6 Å². The van der Waals surface area contributed by atoms with Crippen LogP contribution in [0.1, 0.15) is 45.1 Å². The molecule has 0 spiro atoms. The van der Waals surface area contributed by atoms with E-state index in [0.717, 1.165) is 38.9 Å². The molecule has 0 radical (unpaired) electrons. The summed E-state index contributed by atoms with van der Waals surface area (Å²) in [6, 6.07) is 11.3. The summed E-state index contributed by atoms with van der Waals surface area (Å²) in [6.45, 7) is 7.74. The molecular formula is C22H37N5O2S. The molecule has 1 saturated carbocycles. The Balaban J connectivity index is 1.47. The van der Waals surface area contributed by atoms with Crippen LogP contribution < -0.4 is 15.4 Å². The molecule has 2 unspecified atom stereocenters. The van der Waals surface area contributed by atoms with E-state index in [1.807, 2.05) is 13.0 Å². The normalized spacial score (nSPS) is 23.3. The number of guanidine groups is 1. The third-order valence-electron chi connectivity index (χ3n) is 6.06. The summed E-state index contributed by atoms with van der Waals surface area (Å²) in [5, 5.41) is 6.75. The molecule has 1 aromatic rings. The highest BCUT2D eigenvalue weighted by atomic mass is 32.2. The largest absolute Gasteiger partial charge is 0.357 e. The quantitative estimate of drug-likeness (QED) is 0.386. The van der Waals surface area contributed by atoms with Crippen LogP contribution in [0.2, 0.25) is 0 Å². The van der Waals surface area contributed by atoms with Crippen molar-refractivity contribution in [1.82, 2.24) is 20.3 Å². The first-order chi connectivity index (χ1) is 14.4. The SMILES string of the molecule is CCNC(=NCCS(=O)(=O)NCC1CCC1)NC1CC(C)N(Cc2ccccc2)C1. The fourth-order valence-corrected chi connectivity index (χ4v) is 5.01. The fraction of sp³-hybridized carbons (Fsp3) is 0.682. The first-order valence-corrected chi connectivity index (χ1v) is 12.9. The van der Waals surface area contributed by atoms with Crippen LogP contribution in [-0.4, -0.2) is 63.3 Å². The van der Waals surface area contributed by atoms with E-state index in [2.05, 4.69) is 56.4 Å². The second-order valence-corrected chi connectivity index (χ2v) is 10.5. The Morgan fingerprint density at radius 1 is 1.23 bits per heavy atom. The second kappa shape index (κ2) is 11.1. The van der Waals surface area contributed by atoms with Crippen LogP contribution in [0.4, 0.5) is 0 Å². The molecular weight excluding hydrogens is 398 g/mol. The van der Waals surface area contributed by atoms with Gasteiger partial charge in [0.1, 0.15) is 0 Å². The van der Waals surface area contributed by atoms with Crippen molar-refractivity contribution >= 4 is 16.0 Å². The van der Waals surface area contributed by atoms with Crippen molar-refractivity contribution in [3.8, 4) is 0 Å². The van der Waals surface area contributed by atoms with Crippen molar-refractivity contribution < 1.29 is 8.42 Å². The first kappa shape index (κ1) is 23.0. The van der Waals surface area contributed by atoms with Gasteiger partial charge >= 0.3 is 0 Å². The van der Waals surface area contributed by atoms with E-state index in [4.69, 9.17) is 0 Å². The minimum Gasteiger partial charge on any atom is -0.357 e. The average molecular weight is 436 g/mol. The summed E-state index contributed by atoms with van der Waals surface area (Å²) in [4.78, 5) is 6.99. The predicted octanol–water partition coefficient (Wildman–Crippen LogP) is 1.92. The number of hydrogen-bond donors (Lipinski definition) is 3. The molecule has 3 rings (SSSR count). The van der Waals surface area contributed by atoms with E-state index in [-0.39, 0.29) is 12.3 Å². The van der Waals surface area contributed by atoms with Crippen molar-refractivity contribution in [3.05, 3.63) is 35.9 Å². The van der Waals surface area contributed by atoms with Gasteiger partial charge in [-0.15, -0.1) is 0 Å². The van der Waals surface area contributed by atoms with E-state index in [1.165, 1.54) is 12.0 Å². The molecule has 2 atom stereocenters. The standard InChI is InChI=1S/C22H37N5O2S/c1-3-23-22(24-12-13-30(28,29)25-15-19-10-7-11-19)26-21-14-18(2)27(17-21)16-20-8-5-4-6-9-20/h4-6,8-9,18-19,21,25H,3,7,10-17H2,1-2H3,(H2,23,24,26). The molecule has 0 bridgehead atoms. The Morgan fingerprint density at radius 3 is 2.67 bits per heavy atom. The van der Waals surface area contributed by atoms with Crippen LogP contribution in [0.15, 0.2) is 35.3 Å². The van der Waals surface area contributed by atoms with Gasteiger partial charge in [0.15, 0.2) is 5.96 Å². The zero-order valence-electron chi connectivity index (χ0n) is 18.3. The number of nitrogens with one attached hydrogen (secondary N) is 3. The van der Waals surface area contributed by atoms with Crippen molar-refractivity contribution in [2.24, 2.45) is 10.9 Å². The number of sulfonamides is 1. The lowest BCUT2D eigenvalue weighted by atomic mass is 9.86. The zero-order chi connectivity index (χ0) is 21.4. The van der Waals surface area contributed by atoms with Crippen LogP contribution in [-0.2, 0) is 16.6 Å². The number of benzene rings is 1. The Bertz CT molecular complexity index is 780. The molecule has 2 fully saturated rings. The van der Waals surface area contributed by atoms with Crippen molar-refractivity contribution in [2.75, 3.05) is 31.9 Å². The molecule has 1 saturated heterocycles. The van der Waals surface area contributed by atoms with Gasteiger partial charge in [0.05, 0.1) is 12.3 Å². The van der Waals surface area contributed by atoms with Crippen molar-refractivity contribution in [2.45, 2.75) is 58.2 Å². The van der Waals surface area contributed by atoms with Crippen LogP contribution in [0.5, 0.6) is 0 Å². The summed E-state index contributed by atoms with van der Waals surface area (Å²) < 4.78 is 27.1. The number of nitrogens with zero attached hydrogens (tertiary/aromatic N) is 2. The summed E-state index contributed by atoms with van der Waals surface area (Å²) in [5.41, 5.74) is 1.32. The molecule has 0 aromatic heterocycles. The first-order valence-electron chi connectivity index (χ1n) is 11.3. The topological polar surface area (TPSA) is 85.8 Å². The maximum Gasteiger partial charge on any atom is 0.213 e. The van der Waals surface area contributed by atoms with Crippen LogP contribution >= 0.6 is 0 Å². The number of rotatable bonds is 10. The molecule has 0 amide bonds. The average Bonchev–Trinajstić information content (AvgIpc) is 3.00. The highest BCUT2D eigenvalue weighted by molar-refractivity contribution is 7.89. The van der Waals surface area contributed by atoms with Gasteiger partial charge in [-0.1, -0.05) is 36.8 Å². The van der Waals surface area contributed by atoms with Gasteiger partial charge < -0.3 is 10.6 Å². The van der Waals surface area contributed by atoms with E-state index < -0.39 is 10.0 Å². The summed E-state index contributed by atoms with van der Waals surface area (Å²) in [5.74, 6) is 1.24. The third kappa shape index (κ3) is 7.25. The summed E-state index contributed by atoms with van der Waals surface area (Å²) >= 11 is 0. The highest BCUT2D eigenvalue weighted by Crippen LogP contribution is 2.25. The fourth-order valence-electron chi connectivity index (χ4n) is 4.05. The molecule has 2 aliphatic rings. The molecule has 8 heteroatoms. The molecule has 1 aromatic carbocycles. The van der Waals surface area contributed by atoms with Crippen LogP contribution in [0.3, 0.4) is 0 Å². The maximum atomic E-state index is 12.2. The zero-order valence-corrected chi connectivity index (χ0v) is 19.1. The monoisotopic (exact) mass is 435 g/mol. The maximum absolute atomic E-state index is 12.2. The third-order valence-corrected chi connectivity index (χ3v) is 7.39. The van der Waals surface area contributed by atoms with E-state index >= 15 is 0 Å². The minimum absolute atomic E-state index is 0.0253. The molecule has 3 N–H and O–H groups in total. The second-order valence-electron chi connectivity index (χ2n) is 8.57. The van der Waals surface area contributed by atoms with Gasteiger partial charge in [0.25, 0.3) is 0 Å². The van der Waals surface area contributed by atoms with Gasteiger partial charge in [-0.25, -0.2) is 13.1 Å². The lowest BCUT2D eigenvalue weighted by molar-refractivity contribution is 0.258. The lowest BCUT2D eigenvalue weighted by Gasteiger charge is -2.25. The predicted molar refractivity (Wildman–Crippen MR) is 123 cm³/mol. The minimum atomic E-state index is -3.26. The summed E-state index contributed by atoms with van der Waals surface area (Å²) in [7, 11) is -3.26. The van der Waals surface area contributed by atoms with Crippen LogP contribution in [0.25, 0.3) is 0 Å². The van der Waals surface area contributed by atoms with Crippen LogP contribution in [0, 0.1) is 5.92 Å². The van der Waals surface area contributed by atoms with E-state index in [1.54, 1.807) is 0 Å². The number of aliphatic imine (C=N–C) groups is 1. The molecule has 1 aliphatic carbocycles. The Kier molecular flexibility index (Phi) is 8.53. The van der Waals surface area contributed by atoms with Gasteiger partial charge in [0, 0.05) is 38.3 Å². The van der Waals surface area contributed by atoms with Gasteiger partial charge in [0.2, 0.25) is 10.0 Å². The van der Waals surface area contributed by atoms with Gasteiger partial charge in [-0.2, -0.15) is 0 Å². The Labute approximate surface area is 181 Å².